The summed E-state index contributed by atoms with van der Waals surface area (Å²) in [4.78, 5) is 20.9. The lowest BCUT2D eigenvalue weighted by molar-refractivity contribution is -0.124. The molecule has 5 atom stereocenters. The van der Waals surface area contributed by atoms with Gasteiger partial charge in [-0.15, -0.1) is 11.3 Å². The van der Waals surface area contributed by atoms with E-state index >= 15 is 0 Å². The molecule has 2 heterocycles. The summed E-state index contributed by atoms with van der Waals surface area (Å²) in [6, 6.07) is 6.18. The SMILES string of the molecule is CCCCCCCCCCCCCC(=O)C(C)C(c1cscn1)N1C[C@@H](c2ccc(OC)c(OC3CCCC3)c2)[C@](C)([C@@H](C)O)C1. The lowest BCUT2D eigenvalue weighted by Gasteiger charge is -2.35. The number of aliphatic hydroxyl groups is 1. The summed E-state index contributed by atoms with van der Waals surface area (Å²) in [5, 5.41) is 13.3. The number of hydrogen-bond donors (Lipinski definition) is 1. The second-order valence-corrected chi connectivity index (χ2v) is 15.2. The summed E-state index contributed by atoms with van der Waals surface area (Å²) in [5.41, 5.74) is 3.60. The predicted molar refractivity (Wildman–Crippen MR) is 190 cm³/mol. The van der Waals surface area contributed by atoms with Crippen molar-refractivity contribution in [1.82, 2.24) is 9.88 Å². The van der Waals surface area contributed by atoms with E-state index in [1.807, 2.05) is 18.5 Å². The van der Waals surface area contributed by atoms with Gasteiger partial charge in [0.15, 0.2) is 11.5 Å². The number of aliphatic hydroxyl groups excluding tert-OH is 1. The van der Waals surface area contributed by atoms with Crippen molar-refractivity contribution in [1.29, 1.82) is 0 Å². The van der Waals surface area contributed by atoms with E-state index in [0.717, 1.165) is 55.0 Å². The largest absolute Gasteiger partial charge is 0.493 e. The molecule has 1 aromatic carbocycles. The van der Waals surface area contributed by atoms with Crippen molar-refractivity contribution in [2.45, 2.75) is 155 Å². The highest BCUT2D eigenvalue weighted by Gasteiger charge is 2.50. The third kappa shape index (κ3) is 9.79. The Morgan fingerprint density at radius 1 is 1.02 bits per heavy atom. The molecule has 2 unspecified atom stereocenters. The average Bonchev–Trinajstić information content (AvgIpc) is 3.83. The van der Waals surface area contributed by atoms with Crippen LogP contribution >= 0.6 is 11.3 Å². The van der Waals surface area contributed by atoms with Gasteiger partial charge in [-0.05, 0) is 56.7 Å². The molecule has 1 aliphatic heterocycles. The number of ether oxygens (including phenoxy) is 2. The van der Waals surface area contributed by atoms with Gasteiger partial charge in [0.1, 0.15) is 5.78 Å². The normalized spacial score (nSPS) is 22.6. The minimum Gasteiger partial charge on any atom is -0.493 e. The number of rotatable bonds is 21. The maximum atomic E-state index is 13.7. The van der Waals surface area contributed by atoms with Gasteiger partial charge < -0.3 is 14.6 Å². The molecule has 0 radical (unpaired) electrons. The Hall–Kier alpha value is -1.96. The Kier molecular flexibility index (Phi) is 14.9. The van der Waals surface area contributed by atoms with Crippen LogP contribution < -0.4 is 9.47 Å². The first-order chi connectivity index (χ1) is 22.3. The molecule has 1 aliphatic carbocycles. The quantitative estimate of drug-likeness (QED) is 0.135. The first-order valence-electron chi connectivity index (χ1n) is 18.5. The number of thiazole rings is 1. The summed E-state index contributed by atoms with van der Waals surface area (Å²) in [6.07, 6.45) is 19.0. The number of Topliss-reactive ketones (excluding diaryl/α,β-unsaturated/α-hetero) is 1. The molecule has 2 aromatic rings. The Morgan fingerprint density at radius 3 is 2.26 bits per heavy atom. The zero-order valence-corrected chi connectivity index (χ0v) is 30.3. The molecule has 46 heavy (non-hydrogen) atoms. The number of benzene rings is 1. The number of hydrogen-bond acceptors (Lipinski definition) is 7. The standard InChI is InChI=1S/C39H62N2O4S/c1-6-7-8-9-10-11-12-13-14-15-16-21-35(43)29(2)38(34-26-46-28-40-34)41-25-33(39(4,27-41)30(3)42)31-22-23-36(44-5)37(24-31)45-32-19-17-18-20-32/h22-24,26,28-30,32-33,38,42H,6-21,25,27H2,1-5H3/t29?,30-,33+,38?,39+/m1/s1. The zero-order chi connectivity index (χ0) is 32.9. The third-order valence-electron chi connectivity index (χ3n) is 11.1. The van der Waals surface area contributed by atoms with Crippen LogP contribution in [0.3, 0.4) is 0 Å². The fourth-order valence-electron chi connectivity index (χ4n) is 7.86. The topological polar surface area (TPSA) is 71.9 Å². The van der Waals surface area contributed by atoms with Gasteiger partial charge in [0.2, 0.25) is 0 Å². The number of ketones is 1. The van der Waals surface area contributed by atoms with E-state index in [2.05, 4.69) is 43.2 Å². The number of carbonyl (C=O) groups is 1. The summed E-state index contributed by atoms with van der Waals surface area (Å²) >= 11 is 1.59. The zero-order valence-electron chi connectivity index (χ0n) is 29.5. The number of nitrogens with zero attached hydrogens (tertiary/aromatic N) is 2. The van der Waals surface area contributed by atoms with Crippen molar-refractivity contribution in [3.05, 3.63) is 40.3 Å². The number of likely N-dealkylation sites (tertiary alicyclic amines) is 1. The van der Waals surface area contributed by atoms with E-state index in [1.165, 1.54) is 70.6 Å². The summed E-state index contributed by atoms with van der Waals surface area (Å²) in [6.45, 7) is 9.91. The van der Waals surface area contributed by atoms with Gasteiger partial charge in [-0.3, -0.25) is 9.69 Å². The van der Waals surface area contributed by atoms with E-state index in [9.17, 15) is 9.90 Å². The van der Waals surface area contributed by atoms with E-state index < -0.39 is 11.5 Å². The lowest BCUT2D eigenvalue weighted by atomic mass is 9.72. The van der Waals surface area contributed by atoms with Gasteiger partial charge >= 0.3 is 0 Å². The van der Waals surface area contributed by atoms with Gasteiger partial charge in [0, 0.05) is 42.1 Å². The van der Waals surface area contributed by atoms with Crippen molar-refractivity contribution in [2.24, 2.45) is 11.3 Å². The predicted octanol–water partition coefficient (Wildman–Crippen LogP) is 9.91. The first kappa shape index (κ1) is 36.9. The molecule has 258 valence electrons. The minimum absolute atomic E-state index is 0.0689. The molecule has 1 aromatic heterocycles. The second-order valence-electron chi connectivity index (χ2n) is 14.5. The highest BCUT2D eigenvalue weighted by atomic mass is 32.1. The van der Waals surface area contributed by atoms with Crippen molar-refractivity contribution < 1.29 is 19.4 Å². The molecule has 0 amide bonds. The Labute approximate surface area is 283 Å². The Bertz CT molecular complexity index is 1160. The van der Waals surface area contributed by atoms with Crippen LogP contribution in [0.4, 0.5) is 0 Å². The molecule has 2 fully saturated rings. The molecule has 4 rings (SSSR count). The lowest BCUT2D eigenvalue weighted by Crippen LogP contribution is -2.39. The highest BCUT2D eigenvalue weighted by molar-refractivity contribution is 7.07. The van der Waals surface area contributed by atoms with Crippen molar-refractivity contribution in [3.63, 3.8) is 0 Å². The van der Waals surface area contributed by atoms with Crippen LogP contribution in [0.2, 0.25) is 0 Å². The van der Waals surface area contributed by atoms with Crippen LogP contribution in [0.15, 0.2) is 29.1 Å². The maximum Gasteiger partial charge on any atom is 0.161 e. The van der Waals surface area contributed by atoms with Crippen LogP contribution in [0, 0.1) is 11.3 Å². The van der Waals surface area contributed by atoms with Crippen LogP contribution in [-0.2, 0) is 4.79 Å². The molecule has 2 aliphatic rings. The van der Waals surface area contributed by atoms with E-state index in [1.54, 1.807) is 18.4 Å². The molecule has 1 saturated carbocycles. The van der Waals surface area contributed by atoms with Crippen LogP contribution in [0.5, 0.6) is 11.5 Å². The van der Waals surface area contributed by atoms with Crippen LogP contribution in [-0.4, -0.2) is 53.2 Å². The highest BCUT2D eigenvalue weighted by Crippen LogP contribution is 2.50. The summed E-state index contributed by atoms with van der Waals surface area (Å²) in [5.74, 6) is 1.78. The van der Waals surface area contributed by atoms with E-state index in [0.29, 0.717) is 18.7 Å². The number of methoxy groups -OCH3 is 1. The van der Waals surface area contributed by atoms with E-state index in [-0.39, 0.29) is 24.0 Å². The molecule has 7 heteroatoms. The van der Waals surface area contributed by atoms with Gasteiger partial charge in [-0.2, -0.15) is 0 Å². The summed E-state index contributed by atoms with van der Waals surface area (Å²) in [7, 11) is 1.70. The molecule has 6 nitrogen and oxygen atoms in total. The molecule has 0 bridgehead atoms. The number of aromatic nitrogens is 1. The van der Waals surface area contributed by atoms with Gasteiger partial charge in [-0.25, -0.2) is 4.98 Å². The number of carbonyl (C=O) groups excluding carboxylic acids is 1. The molecule has 1 saturated heterocycles. The fraction of sp³-hybridized carbons (Fsp3) is 0.744. The minimum atomic E-state index is -0.526. The Balaban J connectivity index is 1.40. The van der Waals surface area contributed by atoms with Crippen molar-refractivity contribution >= 4 is 17.1 Å². The monoisotopic (exact) mass is 654 g/mol. The molecular weight excluding hydrogens is 593 g/mol. The fourth-order valence-corrected chi connectivity index (χ4v) is 8.44. The van der Waals surface area contributed by atoms with Crippen molar-refractivity contribution in [3.8, 4) is 11.5 Å². The van der Waals surface area contributed by atoms with E-state index in [4.69, 9.17) is 14.5 Å². The van der Waals surface area contributed by atoms with Crippen LogP contribution in [0.1, 0.15) is 154 Å². The van der Waals surface area contributed by atoms with Gasteiger partial charge in [0.25, 0.3) is 0 Å². The number of unbranched alkanes of at least 4 members (excludes halogenated alkanes) is 10. The van der Waals surface area contributed by atoms with Crippen LogP contribution in [0.25, 0.3) is 0 Å². The summed E-state index contributed by atoms with van der Waals surface area (Å²) < 4.78 is 12.2. The first-order valence-corrected chi connectivity index (χ1v) is 19.4. The molecule has 1 N–H and O–H groups in total. The Morgan fingerprint density at radius 2 is 1.67 bits per heavy atom. The average molecular weight is 655 g/mol. The van der Waals surface area contributed by atoms with Crippen molar-refractivity contribution in [2.75, 3.05) is 20.2 Å². The van der Waals surface area contributed by atoms with Gasteiger partial charge in [0.05, 0.1) is 36.6 Å². The maximum absolute atomic E-state index is 13.7. The second kappa shape index (κ2) is 18.5. The van der Waals surface area contributed by atoms with Gasteiger partial charge in [-0.1, -0.05) is 91.0 Å². The third-order valence-corrected chi connectivity index (χ3v) is 11.7. The molecule has 0 spiro atoms. The smallest absolute Gasteiger partial charge is 0.161 e. The molecular formula is C39H62N2O4S.